The average molecular weight is 1070 g/mol. The molecule has 5 saturated heterocycles. The maximum atomic E-state index is 14.4. The van der Waals surface area contributed by atoms with Crippen molar-refractivity contribution in [2.45, 2.75) is 133 Å². The summed E-state index contributed by atoms with van der Waals surface area (Å²) in [6.45, 7) is 11.9. The van der Waals surface area contributed by atoms with Gasteiger partial charge in [0.25, 0.3) is 0 Å². The molecule has 19 nitrogen and oxygen atoms in total. The number of aromatic hydroxyl groups is 1. The largest absolute Gasteiger partial charge is 0.507 e. The highest BCUT2D eigenvalue weighted by Crippen LogP contribution is 2.41. The van der Waals surface area contributed by atoms with Crippen LogP contribution in [0.15, 0.2) is 77.4 Å². The van der Waals surface area contributed by atoms with Gasteiger partial charge in [-0.2, -0.15) is 5.26 Å². The highest BCUT2D eigenvalue weighted by atomic mass is 19.1. The Kier molecular flexibility index (Phi) is 15.4. The van der Waals surface area contributed by atoms with E-state index in [9.17, 15) is 24.2 Å². The Morgan fingerprint density at radius 1 is 0.885 bits per heavy atom. The van der Waals surface area contributed by atoms with Gasteiger partial charge in [-0.05, 0) is 99.2 Å². The second-order valence-corrected chi connectivity index (χ2v) is 22.8. The summed E-state index contributed by atoms with van der Waals surface area (Å²) in [5, 5.41) is 46.1. The van der Waals surface area contributed by atoms with Crippen LogP contribution in [0.25, 0.3) is 11.3 Å². The fourth-order valence-electron chi connectivity index (χ4n) is 12.8. The molecule has 2 aromatic carbocycles. The van der Waals surface area contributed by atoms with Crippen LogP contribution in [0.4, 0.5) is 27.4 Å². The normalized spacial score (nSPS) is 24.7. The van der Waals surface area contributed by atoms with Gasteiger partial charge in [0.15, 0.2) is 17.4 Å². The number of carbonyl (C=O) groups excluding carboxylic acids is 2. The van der Waals surface area contributed by atoms with Crippen molar-refractivity contribution in [2.24, 2.45) is 11.8 Å². The molecule has 1 unspecified atom stereocenters. The lowest BCUT2D eigenvalue weighted by Crippen LogP contribution is -2.54. The zero-order valence-corrected chi connectivity index (χ0v) is 44.7. The Bertz CT molecular complexity index is 2970. The minimum atomic E-state index is -0.922. The van der Waals surface area contributed by atoms with Crippen molar-refractivity contribution in [3.05, 3.63) is 95.6 Å². The number of piperidine rings is 2. The maximum Gasteiger partial charge on any atom is 0.243 e. The predicted octanol–water partition coefficient (Wildman–Crippen LogP) is 6.57. The first-order valence-corrected chi connectivity index (χ1v) is 27.9. The molecule has 412 valence electrons. The number of hydrogen-bond acceptors (Lipinski definition) is 17. The Hall–Kier alpha value is -7.08. The van der Waals surface area contributed by atoms with Crippen molar-refractivity contribution in [3.63, 3.8) is 0 Å². The molecule has 20 heteroatoms. The monoisotopic (exact) mass is 1070 g/mol. The SMILES string of the molecule is CC(C)[C@@H](C(=O)N1C[C@H](O)C[C@H]1C(=O)N[C@@H](C)c1ccc(C#N)c(F)c1)c1cc(N2CCC(CN3CCC(OC4CC(Oc5cc(N6C7CC[C@@H]6CN(c6cc(-c8ccccc8O)nnc6N)C7)ccn5)C4)CC3)CC2)no1. The van der Waals surface area contributed by atoms with Crippen molar-refractivity contribution in [3.8, 4) is 29.0 Å². The van der Waals surface area contributed by atoms with Crippen LogP contribution in [-0.4, -0.2) is 147 Å². The fraction of sp³-hybridized carbons (Fsp3) is 0.534. The van der Waals surface area contributed by atoms with Crippen LogP contribution < -0.4 is 30.5 Å². The lowest BCUT2D eigenvalue weighted by atomic mass is 9.91. The van der Waals surface area contributed by atoms with E-state index < -0.39 is 35.8 Å². The third kappa shape index (κ3) is 11.3. The molecular formula is C58H71FN12O7. The molecular weight excluding hydrogens is 996 g/mol. The van der Waals surface area contributed by atoms with Crippen LogP contribution >= 0.6 is 0 Å². The highest BCUT2D eigenvalue weighted by molar-refractivity contribution is 5.91. The van der Waals surface area contributed by atoms with E-state index in [1.165, 1.54) is 17.0 Å². The summed E-state index contributed by atoms with van der Waals surface area (Å²) >= 11 is 0. The molecule has 5 N–H and O–H groups in total. The van der Waals surface area contributed by atoms with E-state index >= 15 is 0 Å². The van der Waals surface area contributed by atoms with Crippen LogP contribution in [0.2, 0.25) is 0 Å². The Balaban J connectivity index is 0.601. The smallest absolute Gasteiger partial charge is 0.243 e. The first-order chi connectivity index (χ1) is 37.7. The number of aromatic nitrogens is 4. The molecule has 2 amide bonds. The van der Waals surface area contributed by atoms with Gasteiger partial charge < -0.3 is 59.8 Å². The number of nitrogens with zero attached hydrogens (tertiary/aromatic N) is 10. The molecule has 8 heterocycles. The maximum absolute atomic E-state index is 14.4. The van der Waals surface area contributed by atoms with Gasteiger partial charge in [0.1, 0.15) is 35.7 Å². The number of aliphatic hydroxyl groups is 1. The van der Waals surface area contributed by atoms with Gasteiger partial charge in [0.05, 0.1) is 41.3 Å². The minimum absolute atomic E-state index is 0.00369. The standard InChI is InChI=1S/C58H71FN12O7/c1-34(2)55(58(75)70-33-42(72)24-50(70)57(74)63-35(3)37-8-9-38(29-60)47(59)22-37)52-28-53(66-78-52)68-20-13-36(14-21-68)30-67-18-15-43(16-19-67)76-44-25-45(26-44)77-54-23-39(12-17-62-54)71-40-10-11-41(71)32-69(31-40)49-27-48(64-65-56(49)61)46-6-4-5-7-51(46)73/h4-9,12,17,22-23,27-28,34-36,40-45,50,55,72-73H,10-11,13-16,18-21,24-26,30-33H2,1-3H3,(H2,61,65)(H,63,74)/t35-,40+,41?,42+,44?,45?,50-,55+/m0/s1. The average Bonchev–Trinajstić information content (AvgIpc) is 4.28. The molecule has 2 bridgehead atoms. The molecule has 5 aromatic rings. The number of para-hydroxylation sites is 1. The van der Waals surface area contributed by atoms with E-state index in [4.69, 9.17) is 25.0 Å². The second-order valence-electron chi connectivity index (χ2n) is 22.8. The third-order valence-electron chi connectivity index (χ3n) is 17.1. The minimum Gasteiger partial charge on any atom is -0.507 e. The van der Waals surface area contributed by atoms with Crippen LogP contribution in [0.3, 0.4) is 0 Å². The number of amides is 2. The Morgan fingerprint density at radius 3 is 2.36 bits per heavy atom. The number of piperazine rings is 1. The Morgan fingerprint density at radius 2 is 1.64 bits per heavy atom. The van der Waals surface area contributed by atoms with Crippen LogP contribution in [0, 0.1) is 29.0 Å². The molecule has 1 aliphatic carbocycles. The molecule has 0 radical (unpaired) electrons. The van der Waals surface area contributed by atoms with Crippen molar-refractivity contribution in [1.82, 2.24) is 35.5 Å². The van der Waals surface area contributed by atoms with Crippen LogP contribution in [0.5, 0.6) is 11.6 Å². The number of nitrogens with two attached hydrogens (primary N) is 1. The zero-order chi connectivity index (χ0) is 54.2. The molecule has 6 atom stereocenters. The van der Waals surface area contributed by atoms with Crippen LogP contribution in [-0.2, 0) is 14.3 Å². The number of ether oxygens (including phenoxy) is 2. The fourth-order valence-corrected chi connectivity index (χ4v) is 12.8. The van der Waals surface area contributed by atoms with Crippen molar-refractivity contribution < 1.29 is 38.2 Å². The summed E-state index contributed by atoms with van der Waals surface area (Å²) in [5.74, 6) is 0.528. The summed E-state index contributed by atoms with van der Waals surface area (Å²) in [5.41, 5.74) is 9.97. The summed E-state index contributed by atoms with van der Waals surface area (Å²) in [7, 11) is 0. The van der Waals surface area contributed by atoms with Crippen LogP contribution in [0.1, 0.15) is 107 Å². The van der Waals surface area contributed by atoms with Crippen molar-refractivity contribution in [2.75, 3.05) is 72.8 Å². The Labute approximate surface area is 454 Å². The summed E-state index contributed by atoms with van der Waals surface area (Å²) < 4.78 is 33.3. The van der Waals surface area contributed by atoms with E-state index in [0.717, 1.165) is 109 Å². The third-order valence-corrected chi connectivity index (χ3v) is 17.1. The number of nitrogens with one attached hydrogen (secondary N) is 1. The van der Waals surface area contributed by atoms with Crippen molar-refractivity contribution >= 4 is 34.8 Å². The first kappa shape index (κ1) is 52.9. The number of benzene rings is 2. The molecule has 11 rings (SSSR count). The summed E-state index contributed by atoms with van der Waals surface area (Å²) in [6, 6.07) is 20.2. The zero-order valence-electron chi connectivity index (χ0n) is 44.7. The van der Waals surface area contributed by atoms with Gasteiger partial charge in [-0.15, -0.1) is 10.2 Å². The quantitative estimate of drug-likeness (QED) is 0.0818. The van der Waals surface area contributed by atoms with E-state index in [2.05, 4.69) is 57.4 Å². The summed E-state index contributed by atoms with van der Waals surface area (Å²) in [6.07, 6.45) is 9.48. The first-order valence-electron chi connectivity index (χ1n) is 27.9. The lowest BCUT2D eigenvalue weighted by molar-refractivity contribution is -0.141. The van der Waals surface area contributed by atoms with Gasteiger partial charge in [-0.1, -0.05) is 37.2 Å². The highest BCUT2D eigenvalue weighted by Gasteiger charge is 2.45. The van der Waals surface area contributed by atoms with Gasteiger partial charge in [0.2, 0.25) is 17.7 Å². The topological polar surface area (TPSA) is 236 Å². The van der Waals surface area contributed by atoms with Gasteiger partial charge in [0, 0.05) is 113 Å². The molecule has 3 aromatic heterocycles. The predicted molar refractivity (Wildman–Crippen MR) is 290 cm³/mol. The summed E-state index contributed by atoms with van der Waals surface area (Å²) in [4.78, 5) is 43.6. The number of nitrogen functional groups attached to an aromatic ring is 1. The number of aliphatic hydroxyl groups excluding tert-OH is 1. The molecule has 0 spiro atoms. The number of phenols is 1. The molecule has 6 aliphatic rings. The lowest BCUT2D eigenvalue weighted by Gasteiger charge is -2.43. The number of likely N-dealkylation sites (tertiary alicyclic amines) is 2. The van der Waals surface area contributed by atoms with E-state index in [-0.39, 0.29) is 54.4 Å². The van der Waals surface area contributed by atoms with E-state index in [1.54, 1.807) is 31.2 Å². The van der Waals surface area contributed by atoms with Crippen molar-refractivity contribution in [1.29, 1.82) is 5.26 Å². The van der Waals surface area contributed by atoms with E-state index in [1.807, 2.05) is 44.3 Å². The number of phenolic OH excluding ortho intramolecular Hbond substituents is 1. The molecule has 1 saturated carbocycles. The number of halogens is 1. The number of hydrogen-bond donors (Lipinski definition) is 4. The number of β-amino-alcohol motifs (C(OH)–C–C–N with tert-alkyl or cyclic N) is 1. The molecule has 5 aliphatic heterocycles. The van der Waals surface area contributed by atoms with Gasteiger partial charge >= 0.3 is 0 Å². The number of fused-ring (bicyclic) bond motifs is 2. The van der Waals surface area contributed by atoms with Gasteiger partial charge in [-0.25, -0.2) is 9.37 Å². The number of pyridine rings is 1. The number of rotatable bonds is 16. The second kappa shape index (κ2) is 22.7. The van der Waals surface area contributed by atoms with E-state index in [0.29, 0.717) is 58.1 Å². The number of anilines is 4. The number of nitriles is 1. The molecule has 78 heavy (non-hydrogen) atoms. The van der Waals surface area contributed by atoms with Gasteiger partial charge in [-0.3, -0.25) is 9.59 Å². The number of carbonyl (C=O) groups is 2. The molecule has 6 fully saturated rings.